The van der Waals surface area contributed by atoms with E-state index in [-0.39, 0.29) is 6.61 Å². The van der Waals surface area contributed by atoms with Crippen LogP contribution in [0.4, 0.5) is 0 Å². The van der Waals surface area contributed by atoms with Gasteiger partial charge in [-0.2, -0.15) is 0 Å². The molecule has 1 aliphatic rings. The summed E-state index contributed by atoms with van der Waals surface area (Å²) < 4.78 is 0. The highest BCUT2D eigenvalue weighted by Gasteiger charge is 2.19. The largest absolute Gasteiger partial charge is 0.395 e. The highest BCUT2D eigenvalue weighted by Crippen LogP contribution is 2.18. The number of rotatable bonds is 3. The summed E-state index contributed by atoms with van der Waals surface area (Å²) in [6.45, 7) is 1.32. The molecule has 2 N–H and O–H groups in total. The first-order valence-corrected chi connectivity index (χ1v) is 5.76. The van der Waals surface area contributed by atoms with Crippen LogP contribution in [0.3, 0.4) is 0 Å². The molecule has 0 radical (unpaired) electrons. The molecule has 0 amide bonds. The van der Waals surface area contributed by atoms with Crippen molar-refractivity contribution >= 4 is 0 Å². The van der Waals surface area contributed by atoms with Crippen molar-refractivity contribution in [1.82, 2.24) is 5.32 Å². The van der Waals surface area contributed by atoms with Crippen molar-refractivity contribution in [3.63, 3.8) is 0 Å². The van der Waals surface area contributed by atoms with Gasteiger partial charge in [0.1, 0.15) is 0 Å². The van der Waals surface area contributed by atoms with Crippen molar-refractivity contribution in [2.24, 2.45) is 5.92 Å². The second kappa shape index (κ2) is 5.29. The number of piperidine rings is 1. The Morgan fingerprint density at radius 1 is 1.20 bits per heavy atom. The van der Waals surface area contributed by atoms with Crippen LogP contribution in [0.1, 0.15) is 18.4 Å². The second-order valence-electron chi connectivity index (χ2n) is 4.42. The van der Waals surface area contributed by atoms with Gasteiger partial charge in [-0.25, -0.2) is 0 Å². The number of benzene rings is 1. The van der Waals surface area contributed by atoms with Crippen molar-refractivity contribution in [1.29, 1.82) is 0 Å². The quantitative estimate of drug-likeness (QED) is 0.785. The molecule has 2 unspecified atom stereocenters. The lowest BCUT2D eigenvalue weighted by Gasteiger charge is -2.28. The molecule has 2 nitrogen and oxygen atoms in total. The van der Waals surface area contributed by atoms with Gasteiger partial charge in [0.2, 0.25) is 0 Å². The second-order valence-corrected chi connectivity index (χ2v) is 4.42. The summed E-state index contributed by atoms with van der Waals surface area (Å²) in [5.74, 6) is 0.732. The number of aliphatic hydroxyl groups excluding tert-OH is 1. The van der Waals surface area contributed by atoms with E-state index in [0.29, 0.717) is 6.04 Å². The summed E-state index contributed by atoms with van der Waals surface area (Å²) in [6.07, 6.45) is 3.49. The molecule has 1 saturated heterocycles. The van der Waals surface area contributed by atoms with Crippen LogP contribution < -0.4 is 5.32 Å². The highest BCUT2D eigenvalue weighted by molar-refractivity contribution is 5.15. The lowest BCUT2D eigenvalue weighted by atomic mass is 9.89. The maximum absolute atomic E-state index is 9.00. The van der Waals surface area contributed by atoms with Crippen LogP contribution in [0.25, 0.3) is 0 Å². The third kappa shape index (κ3) is 3.05. The van der Waals surface area contributed by atoms with Crippen LogP contribution >= 0.6 is 0 Å². The zero-order chi connectivity index (χ0) is 10.5. The molecule has 0 aliphatic carbocycles. The Kier molecular flexibility index (Phi) is 3.75. The van der Waals surface area contributed by atoms with E-state index in [9.17, 15) is 0 Å². The van der Waals surface area contributed by atoms with E-state index >= 15 is 0 Å². The van der Waals surface area contributed by atoms with Crippen molar-refractivity contribution < 1.29 is 5.11 Å². The average molecular weight is 205 g/mol. The van der Waals surface area contributed by atoms with E-state index in [1.165, 1.54) is 12.0 Å². The first-order valence-electron chi connectivity index (χ1n) is 5.76. The predicted molar refractivity (Wildman–Crippen MR) is 61.7 cm³/mol. The molecule has 0 bridgehead atoms. The molecule has 2 atom stereocenters. The van der Waals surface area contributed by atoms with Gasteiger partial charge in [0, 0.05) is 6.04 Å². The first kappa shape index (κ1) is 10.7. The highest BCUT2D eigenvalue weighted by atomic mass is 16.3. The van der Waals surface area contributed by atoms with Crippen molar-refractivity contribution in [3.8, 4) is 0 Å². The molecular formula is C13H19NO. The third-order valence-electron chi connectivity index (χ3n) is 3.21. The Balaban J connectivity index is 1.82. The molecule has 82 valence electrons. The lowest BCUT2D eigenvalue weighted by Crippen LogP contribution is -2.41. The van der Waals surface area contributed by atoms with Crippen molar-refractivity contribution in [2.45, 2.75) is 25.3 Å². The summed E-state index contributed by atoms with van der Waals surface area (Å²) in [7, 11) is 0. The fourth-order valence-electron chi connectivity index (χ4n) is 2.25. The SMILES string of the molecule is OCC1CCC(Cc2ccccc2)CN1. The van der Waals surface area contributed by atoms with E-state index in [0.717, 1.165) is 25.3 Å². The van der Waals surface area contributed by atoms with Gasteiger partial charge in [-0.15, -0.1) is 0 Å². The molecule has 1 heterocycles. The Hall–Kier alpha value is -0.860. The summed E-state index contributed by atoms with van der Waals surface area (Å²) >= 11 is 0. The maximum atomic E-state index is 9.00. The van der Waals surface area contributed by atoms with Crippen LogP contribution in [-0.4, -0.2) is 24.3 Å². The van der Waals surface area contributed by atoms with Crippen LogP contribution in [0.15, 0.2) is 30.3 Å². The lowest BCUT2D eigenvalue weighted by molar-refractivity contribution is 0.198. The number of hydrogen-bond donors (Lipinski definition) is 2. The molecule has 15 heavy (non-hydrogen) atoms. The molecule has 0 saturated carbocycles. The third-order valence-corrected chi connectivity index (χ3v) is 3.21. The smallest absolute Gasteiger partial charge is 0.0584 e. The van der Waals surface area contributed by atoms with Gasteiger partial charge in [0.15, 0.2) is 0 Å². The van der Waals surface area contributed by atoms with Crippen molar-refractivity contribution in [2.75, 3.05) is 13.2 Å². The molecule has 1 fully saturated rings. The van der Waals surface area contributed by atoms with E-state index in [2.05, 4.69) is 35.6 Å². The molecule has 0 aromatic heterocycles. The van der Waals surface area contributed by atoms with E-state index in [1.807, 2.05) is 0 Å². The van der Waals surface area contributed by atoms with Gasteiger partial charge >= 0.3 is 0 Å². The molecule has 1 aromatic carbocycles. The first-order chi connectivity index (χ1) is 7.38. The molecular weight excluding hydrogens is 186 g/mol. The summed E-state index contributed by atoms with van der Waals surface area (Å²) in [4.78, 5) is 0. The number of hydrogen-bond acceptors (Lipinski definition) is 2. The van der Waals surface area contributed by atoms with E-state index in [4.69, 9.17) is 5.11 Å². The summed E-state index contributed by atoms with van der Waals surface area (Å²) in [5.41, 5.74) is 1.42. The maximum Gasteiger partial charge on any atom is 0.0584 e. The van der Waals surface area contributed by atoms with Crippen molar-refractivity contribution in [3.05, 3.63) is 35.9 Å². The van der Waals surface area contributed by atoms with Gasteiger partial charge in [-0.3, -0.25) is 0 Å². The molecule has 2 heteroatoms. The monoisotopic (exact) mass is 205 g/mol. The Bertz CT molecular complexity index is 278. The zero-order valence-corrected chi connectivity index (χ0v) is 9.02. The van der Waals surface area contributed by atoms with Gasteiger partial charge in [-0.05, 0) is 37.3 Å². The van der Waals surface area contributed by atoms with Crippen LogP contribution in [0.2, 0.25) is 0 Å². The summed E-state index contributed by atoms with van der Waals surface area (Å²) in [6, 6.07) is 11.0. The minimum Gasteiger partial charge on any atom is -0.395 e. The topological polar surface area (TPSA) is 32.3 Å². The number of nitrogens with one attached hydrogen (secondary N) is 1. The molecule has 1 aliphatic heterocycles. The molecule has 0 spiro atoms. The van der Waals surface area contributed by atoms with Crippen LogP contribution in [-0.2, 0) is 6.42 Å². The molecule has 1 aromatic rings. The minimum absolute atomic E-state index is 0.276. The fourth-order valence-corrected chi connectivity index (χ4v) is 2.25. The van der Waals surface area contributed by atoms with Gasteiger partial charge < -0.3 is 10.4 Å². The Labute approximate surface area is 91.3 Å². The van der Waals surface area contributed by atoms with Gasteiger partial charge in [0.05, 0.1) is 6.61 Å². The summed E-state index contributed by atoms with van der Waals surface area (Å²) in [5, 5.41) is 12.4. The number of aliphatic hydroxyl groups is 1. The molecule has 2 rings (SSSR count). The van der Waals surface area contributed by atoms with Gasteiger partial charge in [0.25, 0.3) is 0 Å². The Morgan fingerprint density at radius 3 is 2.60 bits per heavy atom. The van der Waals surface area contributed by atoms with E-state index in [1.54, 1.807) is 0 Å². The average Bonchev–Trinajstić information content (AvgIpc) is 2.31. The standard InChI is InChI=1S/C13H19NO/c15-10-13-7-6-12(9-14-13)8-11-4-2-1-3-5-11/h1-5,12-15H,6-10H2. The van der Waals surface area contributed by atoms with E-state index < -0.39 is 0 Å². The van der Waals surface area contributed by atoms with Gasteiger partial charge in [-0.1, -0.05) is 30.3 Å². The normalized spacial score (nSPS) is 26.5. The zero-order valence-electron chi connectivity index (χ0n) is 9.02. The van der Waals surface area contributed by atoms with Crippen LogP contribution in [0.5, 0.6) is 0 Å². The Morgan fingerprint density at radius 2 is 2.00 bits per heavy atom. The minimum atomic E-state index is 0.276. The fraction of sp³-hybridized carbons (Fsp3) is 0.538. The predicted octanol–water partition coefficient (Wildman–Crippen LogP) is 1.59. The van der Waals surface area contributed by atoms with Crippen LogP contribution in [0, 0.1) is 5.92 Å².